The molecule has 9 nitrogen and oxygen atoms in total. The molecule has 1 aromatic heterocycles. The number of carbonyl (C=O) groups excluding carboxylic acids is 3. The lowest BCUT2D eigenvalue weighted by atomic mass is 9.96. The van der Waals surface area contributed by atoms with Gasteiger partial charge in [0.1, 0.15) is 16.5 Å². The highest BCUT2D eigenvalue weighted by Gasteiger charge is 2.31. The molecule has 2 amide bonds. The fraction of sp³-hybridized carbons (Fsp3) is 0.567. The van der Waals surface area contributed by atoms with E-state index < -0.39 is 35.9 Å². The zero-order valence-electron chi connectivity index (χ0n) is 24.7. The minimum absolute atomic E-state index is 0.0223. The number of carboxylic acids is 1. The summed E-state index contributed by atoms with van der Waals surface area (Å²) in [5, 5.41) is 14.3. The number of thiazole rings is 1. The van der Waals surface area contributed by atoms with Crippen LogP contribution < -0.4 is 5.32 Å². The van der Waals surface area contributed by atoms with Crippen LogP contribution in [0.1, 0.15) is 93.9 Å². The van der Waals surface area contributed by atoms with Crippen LogP contribution in [0.25, 0.3) is 0 Å². The van der Waals surface area contributed by atoms with E-state index in [4.69, 9.17) is 4.74 Å². The first-order chi connectivity index (χ1) is 19.3. The van der Waals surface area contributed by atoms with Crippen LogP contribution in [0.15, 0.2) is 29.6 Å². The summed E-state index contributed by atoms with van der Waals surface area (Å²) in [5.74, 6) is -2.98. The van der Waals surface area contributed by atoms with Crippen molar-refractivity contribution in [2.24, 2.45) is 11.8 Å². The van der Waals surface area contributed by atoms with Crippen molar-refractivity contribution < 1.29 is 33.4 Å². The zero-order valence-corrected chi connectivity index (χ0v) is 25.5. The molecule has 2 aromatic rings. The first kappa shape index (κ1) is 33.9. The molecule has 0 aliphatic heterocycles. The van der Waals surface area contributed by atoms with Crippen molar-refractivity contribution in [2.75, 3.05) is 7.05 Å². The monoisotopic (exact) mass is 591 g/mol. The number of rotatable bonds is 16. The van der Waals surface area contributed by atoms with Crippen LogP contribution in [0.2, 0.25) is 0 Å². The van der Waals surface area contributed by atoms with E-state index in [0.717, 1.165) is 18.4 Å². The quantitative estimate of drug-likeness (QED) is 0.250. The van der Waals surface area contributed by atoms with E-state index in [1.807, 2.05) is 20.8 Å². The predicted octanol–water partition coefficient (Wildman–Crippen LogP) is 5.40. The summed E-state index contributed by atoms with van der Waals surface area (Å²) in [7, 11) is 1.76. The zero-order chi connectivity index (χ0) is 30.7. The first-order valence-electron chi connectivity index (χ1n) is 14.0. The molecule has 0 fully saturated rings. The highest BCUT2D eigenvalue weighted by molar-refractivity contribution is 7.09. The third-order valence-corrected chi connectivity index (χ3v) is 7.93. The molecule has 0 bridgehead atoms. The largest absolute Gasteiger partial charge is 0.481 e. The van der Waals surface area contributed by atoms with Gasteiger partial charge in [0, 0.05) is 44.3 Å². The Morgan fingerprint density at radius 3 is 2.34 bits per heavy atom. The van der Waals surface area contributed by atoms with Crippen LogP contribution in [0.4, 0.5) is 4.39 Å². The van der Waals surface area contributed by atoms with Gasteiger partial charge in [-0.3, -0.25) is 19.2 Å². The first-order valence-corrected chi connectivity index (χ1v) is 14.9. The Labute approximate surface area is 245 Å². The molecule has 11 heteroatoms. The normalized spacial score (nSPS) is 14.1. The Hall–Kier alpha value is -3.34. The second kappa shape index (κ2) is 16.2. The average Bonchev–Trinajstić information content (AvgIpc) is 3.40. The van der Waals surface area contributed by atoms with E-state index in [0.29, 0.717) is 24.3 Å². The van der Waals surface area contributed by atoms with Gasteiger partial charge in [0.25, 0.3) is 5.91 Å². The minimum Gasteiger partial charge on any atom is -0.481 e. The molecule has 2 rings (SSSR count). The SMILES string of the molecule is CCCCC(=O)N(C)C(CC(OC(C)=O)c1nc(C(=O)NC(Cc2ccc(F)cc2)CC(C)C(=O)O)cs1)C(C)C. The molecule has 4 unspecified atom stereocenters. The number of hydrogen-bond acceptors (Lipinski definition) is 7. The number of esters is 1. The second-order valence-electron chi connectivity index (χ2n) is 10.8. The van der Waals surface area contributed by atoms with Crippen molar-refractivity contribution in [2.45, 2.75) is 91.3 Å². The molecule has 0 spiro atoms. The van der Waals surface area contributed by atoms with Crippen LogP contribution in [0.3, 0.4) is 0 Å². The van der Waals surface area contributed by atoms with Gasteiger partial charge < -0.3 is 20.1 Å². The molecule has 41 heavy (non-hydrogen) atoms. The number of amides is 2. The van der Waals surface area contributed by atoms with Gasteiger partial charge in [0.15, 0.2) is 6.10 Å². The predicted molar refractivity (Wildman–Crippen MR) is 155 cm³/mol. The Kier molecular flexibility index (Phi) is 13.4. The van der Waals surface area contributed by atoms with E-state index in [1.54, 1.807) is 36.4 Å². The van der Waals surface area contributed by atoms with Gasteiger partial charge in [-0.15, -0.1) is 11.3 Å². The number of aromatic nitrogens is 1. The minimum atomic E-state index is -0.985. The van der Waals surface area contributed by atoms with Gasteiger partial charge in [-0.2, -0.15) is 0 Å². The van der Waals surface area contributed by atoms with Gasteiger partial charge in [0.2, 0.25) is 5.91 Å². The van der Waals surface area contributed by atoms with Crippen molar-refractivity contribution in [3.63, 3.8) is 0 Å². The van der Waals surface area contributed by atoms with Crippen molar-refractivity contribution in [1.82, 2.24) is 15.2 Å². The highest BCUT2D eigenvalue weighted by atomic mass is 32.1. The number of ether oxygens (including phenoxy) is 1. The molecule has 4 atom stereocenters. The van der Waals surface area contributed by atoms with Crippen LogP contribution >= 0.6 is 11.3 Å². The van der Waals surface area contributed by atoms with Gasteiger partial charge in [-0.05, 0) is 42.9 Å². The van der Waals surface area contributed by atoms with Gasteiger partial charge in [0.05, 0.1) is 5.92 Å². The van der Waals surface area contributed by atoms with Crippen molar-refractivity contribution in [3.05, 3.63) is 51.7 Å². The molecule has 0 aliphatic rings. The molecule has 0 saturated heterocycles. The fourth-order valence-electron chi connectivity index (χ4n) is 4.61. The maximum atomic E-state index is 13.4. The molecule has 1 aromatic carbocycles. The molecular formula is C30H42FN3O6S. The highest BCUT2D eigenvalue weighted by Crippen LogP contribution is 2.30. The number of hydrogen-bond donors (Lipinski definition) is 2. The number of benzene rings is 1. The Morgan fingerprint density at radius 1 is 1.12 bits per heavy atom. The topological polar surface area (TPSA) is 126 Å². The summed E-state index contributed by atoms with van der Waals surface area (Å²) in [6, 6.07) is 5.06. The van der Waals surface area contributed by atoms with E-state index in [2.05, 4.69) is 10.3 Å². The van der Waals surface area contributed by atoms with Crippen molar-refractivity contribution in [3.8, 4) is 0 Å². The molecule has 0 aliphatic carbocycles. The third-order valence-electron chi connectivity index (χ3n) is 6.99. The summed E-state index contributed by atoms with van der Waals surface area (Å²) >= 11 is 1.18. The third kappa shape index (κ3) is 10.9. The lowest BCUT2D eigenvalue weighted by Crippen LogP contribution is -2.41. The lowest BCUT2D eigenvalue weighted by Gasteiger charge is -2.33. The van der Waals surface area contributed by atoms with Gasteiger partial charge in [-0.1, -0.05) is 46.2 Å². The van der Waals surface area contributed by atoms with Gasteiger partial charge >= 0.3 is 11.9 Å². The van der Waals surface area contributed by atoms with Crippen LogP contribution in [0, 0.1) is 17.7 Å². The summed E-state index contributed by atoms with van der Waals surface area (Å²) in [4.78, 5) is 55.6. The van der Waals surface area contributed by atoms with E-state index in [-0.39, 0.29) is 35.8 Å². The van der Waals surface area contributed by atoms with Crippen LogP contribution in [-0.2, 0) is 25.5 Å². The van der Waals surface area contributed by atoms with Crippen LogP contribution in [0.5, 0.6) is 0 Å². The Bertz CT molecular complexity index is 1170. The molecule has 226 valence electrons. The van der Waals surface area contributed by atoms with E-state index in [9.17, 15) is 28.7 Å². The maximum absolute atomic E-state index is 13.4. The maximum Gasteiger partial charge on any atom is 0.306 e. The number of unbranched alkanes of at least 4 members (excludes halogenated alkanes) is 1. The molecule has 2 N–H and O–H groups in total. The number of nitrogens with one attached hydrogen (secondary N) is 1. The summed E-state index contributed by atoms with van der Waals surface area (Å²) in [6.07, 6.45) is 2.19. The molecular weight excluding hydrogens is 549 g/mol. The lowest BCUT2D eigenvalue weighted by molar-refractivity contribution is -0.148. The summed E-state index contributed by atoms with van der Waals surface area (Å²) in [5.41, 5.74) is 0.864. The summed E-state index contributed by atoms with van der Waals surface area (Å²) in [6.45, 7) is 8.89. The fourth-order valence-corrected chi connectivity index (χ4v) is 5.45. The Balaban J connectivity index is 2.24. The number of nitrogens with zero attached hydrogens (tertiary/aromatic N) is 2. The molecule has 0 radical (unpaired) electrons. The smallest absolute Gasteiger partial charge is 0.306 e. The summed E-state index contributed by atoms with van der Waals surface area (Å²) < 4.78 is 19.0. The molecule has 1 heterocycles. The van der Waals surface area contributed by atoms with Gasteiger partial charge in [-0.25, -0.2) is 9.37 Å². The average molecular weight is 592 g/mol. The molecule has 0 saturated carbocycles. The second-order valence-corrected chi connectivity index (χ2v) is 11.7. The number of halogens is 1. The van der Waals surface area contributed by atoms with E-state index in [1.165, 1.54) is 30.4 Å². The Morgan fingerprint density at radius 2 is 1.78 bits per heavy atom. The number of aliphatic carboxylic acids is 1. The van der Waals surface area contributed by atoms with Crippen molar-refractivity contribution in [1.29, 1.82) is 0 Å². The van der Waals surface area contributed by atoms with Crippen LogP contribution in [-0.4, -0.2) is 57.9 Å². The standard InChI is InChI=1S/C30H42FN3O6S/c1-7-8-9-27(36)34(6)25(18(2)3)16-26(40-20(5)35)29-33-24(17-41-29)28(37)32-23(14-19(4)30(38)39)15-21-10-12-22(31)13-11-21/h10-13,17-19,23,25-26H,7-9,14-16H2,1-6H3,(H,32,37)(H,38,39). The number of carbonyl (C=O) groups is 4. The number of carboxylic acid groups (broad SMARTS) is 1. The van der Waals surface area contributed by atoms with Crippen molar-refractivity contribution >= 4 is 35.1 Å². The van der Waals surface area contributed by atoms with E-state index >= 15 is 0 Å².